The van der Waals surface area contributed by atoms with Crippen molar-refractivity contribution in [2.75, 3.05) is 69.7 Å². The molecule has 14 rings (SSSR count). The highest BCUT2D eigenvalue weighted by molar-refractivity contribution is 6.33. The predicted molar refractivity (Wildman–Crippen MR) is 392 cm³/mol. The molecule has 2 fully saturated rings. The summed E-state index contributed by atoms with van der Waals surface area (Å²) < 4.78 is 114. The summed E-state index contributed by atoms with van der Waals surface area (Å²) in [6.45, 7) is 16.9. The van der Waals surface area contributed by atoms with E-state index in [2.05, 4.69) is 134 Å². The molecular formula is C69H73Cl2F8N27O. The maximum atomic E-state index is 15.2. The Labute approximate surface area is 616 Å². The summed E-state index contributed by atoms with van der Waals surface area (Å²) >= 11 is 12.4. The first-order chi connectivity index (χ1) is 51.0. The second kappa shape index (κ2) is 33.2. The van der Waals surface area contributed by atoms with Crippen LogP contribution in [0.4, 0.5) is 117 Å². The number of nitrogen functional groups attached to an aromatic ring is 2. The topological polar surface area (TPSA) is 372 Å². The lowest BCUT2D eigenvalue weighted by molar-refractivity contribution is -0.138. The largest absolute Gasteiger partial charge is 0.421 e. The Morgan fingerprint density at radius 3 is 1.53 bits per heavy atom. The number of anilines is 14. The van der Waals surface area contributed by atoms with Crippen LogP contribution in [0.15, 0.2) is 104 Å². The first kappa shape index (κ1) is 76.5. The van der Waals surface area contributed by atoms with E-state index in [0.29, 0.717) is 80.2 Å². The summed E-state index contributed by atoms with van der Waals surface area (Å²) in [5.74, 6) is 1.64. The van der Waals surface area contributed by atoms with Crippen molar-refractivity contribution in [2.24, 2.45) is 7.05 Å². The van der Waals surface area contributed by atoms with E-state index in [1.54, 1.807) is 61.6 Å². The third kappa shape index (κ3) is 19.9. The standard InChI is InChI=1S/C26H31F4N7O.C19H18ClFN8.C19H19ClN8.C5H5F3N4/c1-15-11-22(21(27)13-19(15)17-3-5-18(6-4-17)37-7-9-38-10-8-37)32-25-31-14-20(26(28,29)30)24(34-25)33-23-12-16(2)35-36-23;1-10-4-13(12-7-23-29(3)9-12)15(21)6-16(10)24-19-22-8-14(20)18(26-19)25-17-5-11(2)27-28-17;1-10-7-15(11(2)6-13(10)17-21-4-5-22-17)24-19-23-9-14(20)18(26-19)25-16-8-12(3)27-28-16;6-5(7,8)2-1-11-4(10)12-3(2)9/h11-14,17-18H,3-10H2,1-2H3,(H3,31,32,33,34,35,36);4-9H,1-3H3,(H3,22,24,25,26,27,28);4-9H,1-3H3,(H,21,22)(H3,23,24,25,26,27,28);1H,(H4,9,10,11,12). The van der Waals surface area contributed by atoms with Crippen LogP contribution >= 0.6 is 23.2 Å². The maximum absolute atomic E-state index is 15.2. The van der Waals surface area contributed by atoms with Crippen LogP contribution in [0, 0.1) is 60.1 Å². The van der Waals surface area contributed by atoms with Crippen molar-refractivity contribution in [1.29, 1.82) is 0 Å². The number of morpholine rings is 1. The number of nitrogens with zero attached hydrogens (tertiary/aromatic N) is 15. The molecule has 0 atom stereocenters. The second-order valence-electron chi connectivity index (χ2n) is 25.1. The Balaban J connectivity index is 0.000000150. The lowest BCUT2D eigenvalue weighted by Crippen LogP contribution is -2.44. The minimum absolute atomic E-state index is 0.106. The van der Waals surface area contributed by atoms with Crippen molar-refractivity contribution in [2.45, 2.75) is 98.5 Å². The van der Waals surface area contributed by atoms with E-state index in [-0.39, 0.29) is 41.1 Å². The number of benzene rings is 3. The number of aromatic nitrogens is 18. The molecule has 10 heterocycles. The Morgan fingerprint density at radius 1 is 0.523 bits per heavy atom. The number of imidazole rings is 1. The van der Waals surface area contributed by atoms with Crippen LogP contribution in [0.2, 0.25) is 10.0 Å². The Kier molecular flexibility index (Phi) is 23.8. The SMILES string of the molecule is Cc1cc(Nc2nc(Nc3cc(C)c(-c4ncc[nH]4)cc3C)ncc2Cl)n[nH]1.Cc1cc(Nc2nc(Nc3cc(C)c(C4CCC(N5CCOCC5)CC4)cc3F)ncc2C(F)(F)F)n[nH]1.Cc1cc(Nc2nc(Nc3cc(F)c(-c4cnn(C)c4)cc3C)ncc2Cl)n[nH]1.Nc1ncc(C(F)(F)F)c(N)n1. The van der Waals surface area contributed by atoms with E-state index >= 15 is 4.39 Å². The van der Waals surface area contributed by atoms with Crippen molar-refractivity contribution in [3.05, 3.63) is 182 Å². The molecule has 9 aromatic heterocycles. The molecule has 14 N–H and O–H groups in total. The molecule has 1 saturated carbocycles. The minimum Gasteiger partial charge on any atom is -0.383 e. The molecule has 28 nitrogen and oxygen atoms in total. The molecule has 0 amide bonds. The maximum Gasteiger partial charge on any atom is 0.421 e. The first-order valence-electron chi connectivity index (χ1n) is 33.1. The second-order valence-corrected chi connectivity index (χ2v) is 25.9. The van der Waals surface area contributed by atoms with Crippen LogP contribution in [-0.2, 0) is 24.1 Å². The van der Waals surface area contributed by atoms with E-state index in [1.165, 1.54) is 18.3 Å². The van der Waals surface area contributed by atoms with Crippen LogP contribution in [0.3, 0.4) is 0 Å². The number of hydrogen-bond acceptors (Lipinski definition) is 23. The van der Waals surface area contributed by atoms with Crippen molar-refractivity contribution in [1.82, 2.24) is 95.1 Å². The van der Waals surface area contributed by atoms with Crippen molar-refractivity contribution >= 4 is 105 Å². The Hall–Kier alpha value is -11.6. The Morgan fingerprint density at radius 2 is 1.03 bits per heavy atom. The van der Waals surface area contributed by atoms with Crippen LogP contribution in [0.5, 0.6) is 0 Å². The summed E-state index contributed by atoms with van der Waals surface area (Å²) in [6, 6.07) is 16.3. The highest BCUT2D eigenvalue weighted by Crippen LogP contribution is 2.41. The van der Waals surface area contributed by atoms with Crippen LogP contribution in [-0.4, -0.2) is 127 Å². The summed E-state index contributed by atoms with van der Waals surface area (Å²) in [7, 11) is 1.79. The average molecular weight is 1520 g/mol. The smallest absolute Gasteiger partial charge is 0.383 e. The van der Waals surface area contributed by atoms with Gasteiger partial charge in [-0.25, -0.2) is 33.7 Å². The van der Waals surface area contributed by atoms with Gasteiger partial charge in [-0.15, -0.1) is 0 Å². The van der Waals surface area contributed by atoms with E-state index in [9.17, 15) is 30.7 Å². The van der Waals surface area contributed by atoms with Gasteiger partial charge in [0.15, 0.2) is 29.1 Å². The van der Waals surface area contributed by atoms with Crippen molar-refractivity contribution in [3.63, 3.8) is 0 Å². The lowest BCUT2D eigenvalue weighted by Gasteiger charge is -2.39. The third-order valence-electron chi connectivity index (χ3n) is 17.0. The predicted octanol–water partition coefficient (Wildman–Crippen LogP) is 15.6. The Bertz CT molecular complexity index is 5050. The van der Waals surface area contributed by atoms with Gasteiger partial charge in [-0.05, 0) is 144 Å². The first-order valence-corrected chi connectivity index (χ1v) is 33.9. The number of halogens is 10. The zero-order valence-electron chi connectivity index (χ0n) is 58.7. The molecule has 0 bridgehead atoms. The molecule has 1 aliphatic heterocycles. The number of nitrogens with two attached hydrogens (primary N) is 2. The number of H-pyrrole nitrogens is 4. The van der Waals surface area contributed by atoms with Gasteiger partial charge in [0.25, 0.3) is 0 Å². The fourth-order valence-corrected chi connectivity index (χ4v) is 12.0. The monoisotopic (exact) mass is 1520 g/mol. The number of hydrogen-bond donors (Lipinski definition) is 12. The summed E-state index contributed by atoms with van der Waals surface area (Å²) in [6.07, 6.45) is 6.08. The van der Waals surface area contributed by atoms with Gasteiger partial charge in [0.2, 0.25) is 23.8 Å². The number of alkyl halides is 6. The van der Waals surface area contributed by atoms with E-state index < -0.39 is 40.9 Å². The van der Waals surface area contributed by atoms with Crippen molar-refractivity contribution < 1.29 is 39.9 Å². The molecule has 2 aliphatic rings. The van der Waals surface area contributed by atoms with Gasteiger partial charge >= 0.3 is 12.4 Å². The molecule has 0 radical (unpaired) electrons. The fourth-order valence-electron chi connectivity index (χ4n) is 11.7. The van der Waals surface area contributed by atoms with Crippen LogP contribution < -0.4 is 43.4 Å². The number of nitrogens with one attached hydrogen (secondary N) is 10. The molecule has 3 aromatic carbocycles. The molecule has 0 unspecified atom stereocenters. The van der Waals surface area contributed by atoms with Crippen LogP contribution in [0.25, 0.3) is 22.5 Å². The van der Waals surface area contributed by atoms with Crippen molar-refractivity contribution in [3.8, 4) is 22.5 Å². The quantitative estimate of drug-likeness (QED) is 0.0400. The highest BCUT2D eigenvalue weighted by atomic mass is 35.5. The molecule has 38 heteroatoms. The van der Waals surface area contributed by atoms with Gasteiger partial charge in [-0.3, -0.25) is 24.9 Å². The zero-order valence-corrected chi connectivity index (χ0v) is 60.2. The lowest BCUT2D eigenvalue weighted by atomic mass is 9.79. The van der Waals surface area contributed by atoms with E-state index in [1.807, 2.05) is 59.9 Å². The van der Waals surface area contributed by atoms with Gasteiger partial charge < -0.3 is 53.1 Å². The highest BCUT2D eigenvalue weighted by Gasteiger charge is 2.37. The molecule has 0 spiro atoms. The third-order valence-corrected chi connectivity index (χ3v) is 17.6. The molecule has 12 aromatic rings. The van der Waals surface area contributed by atoms with Crippen LogP contribution in [0.1, 0.15) is 87.6 Å². The summed E-state index contributed by atoms with van der Waals surface area (Å²) in [5.41, 5.74) is 19.0. The number of aromatic amines is 4. The zero-order chi connectivity index (χ0) is 76.4. The number of ether oxygens (including phenoxy) is 1. The summed E-state index contributed by atoms with van der Waals surface area (Å²) in [4.78, 5) is 41.4. The molecule has 1 aliphatic carbocycles. The van der Waals surface area contributed by atoms with E-state index in [4.69, 9.17) is 39.4 Å². The van der Waals surface area contributed by atoms with E-state index in [0.717, 1.165) is 108 Å². The molecule has 560 valence electrons. The molecular weight excluding hydrogens is 1450 g/mol. The average Bonchev–Trinajstić information content (AvgIpc) is 1.52. The minimum atomic E-state index is -4.68. The molecule has 107 heavy (non-hydrogen) atoms. The van der Waals surface area contributed by atoms with Gasteiger partial charge in [0, 0.05) is 121 Å². The van der Waals surface area contributed by atoms with Gasteiger partial charge in [0.1, 0.15) is 50.3 Å². The van der Waals surface area contributed by atoms with Gasteiger partial charge in [-0.1, -0.05) is 23.2 Å². The molecule has 1 saturated heterocycles. The number of rotatable bonds is 16. The number of aryl methyl sites for hydroxylation is 8. The van der Waals surface area contributed by atoms with Gasteiger partial charge in [0.05, 0.1) is 37.5 Å². The van der Waals surface area contributed by atoms with Gasteiger partial charge in [-0.2, -0.15) is 66.7 Å². The summed E-state index contributed by atoms with van der Waals surface area (Å²) in [5, 5.41) is 43.1. The fraction of sp³-hybridized carbons (Fsp3) is 0.290. The normalized spacial score (nSPS) is 14.5.